The maximum atomic E-state index is 10.2. The van der Waals surface area contributed by atoms with Crippen LogP contribution in [-0.2, 0) is 0 Å². The van der Waals surface area contributed by atoms with Crippen LogP contribution in [0, 0.1) is 10.8 Å². The number of alkyl halides is 3. The Morgan fingerprint density at radius 1 is 1.26 bits per heavy atom. The smallest absolute Gasteiger partial charge is 0.0707 e. The number of halogens is 3. The first-order valence-corrected chi connectivity index (χ1v) is 9.09. The number of aliphatic hydroxyl groups excluding tert-OH is 1. The van der Waals surface area contributed by atoms with Gasteiger partial charge in [0, 0.05) is 9.65 Å². The molecular formula is C15H23Br2ClO. The van der Waals surface area contributed by atoms with Crippen LogP contribution in [0.5, 0.6) is 0 Å². The highest BCUT2D eigenvalue weighted by molar-refractivity contribution is 9.09. The van der Waals surface area contributed by atoms with E-state index in [9.17, 15) is 5.11 Å². The van der Waals surface area contributed by atoms with Crippen molar-refractivity contribution >= 4 is 43.5 Å². The van der Waals surface area contributed by atoms with Crippen LogP contribution >= 0.6 is 43.5 Å². The van der Waals surface area contributed by atoms with Gasteiger partial charge < -0.3 is 5.11 Å². The van der Waals surface area contributed by atoms with Gasteiger partial charge in [0.1, 0.15) is 0 Å². The molecule has 19 heavy (non-hydrogen) atoms. The summed E-state index contributed by atoms with van der Waals surface area (Å²) in [5, 5.41) is 10.2. The molecule has 2 rings (SSSR count). The van der Waals surface area contributed by atoms with Crippen LogP contribution < -0.4 is 0 Å². The summed E-state index contributed by atoms with van der Waals surface area (Å²) in [5.74, 6) is 0. The average molecular weight is 415 g/mol. The lowest BCUT2D eigenvalue weighted by Gasteiger charge is -2.60. The van der Waals surface area contributed by atoms with Crippen LogP contribution in [0.25, 0.3) is 0 Å². The van der Waals surface area contributed by atoms with E-state index in [0.29, 0.717) is 6.42 Å². The second kappa shape index (κ2) is 5.00. The van der Waals surface area contributed by atoms with E-state index >= 15 is 0 Å². The Morgan fingerprint density at radius 3 is 2.37 bits per heavy atom. The third-order valence-electron chi connectivity index (χ3n) is 5.61. The summed E-state index contributed by atoms with van der Waals surface area (Å²) in [6.07, 6.45) is 3.37. The molecule has 1 nitrogen and oxygen atoms in total. The van der Waals surface area contributed by atoms with Crippen LogP contribution in [0.1, 0.15) is 46.5 Å². The molecule has 0 aliphatic heterocycles. The molecule has 2 aliphatic carbocycles. The molecule has 2 unspecified atom stereocenters. The van der Waals surface area contributed by atoms with E-state index in [-0.39, 0.29) is 31.5 Å². The molecule has 0 aromatic rings. The predicted molar refractivity (Wildman–Crippen MR) is 89.5 cm³/mol. The Morgan fingerprint density at radius 2 is 1.84 bits per heavy atom. The fourth-order valence-corrected chi connectivity index (χ4v) is 5.47. The molecule has 1 N–H and O–H groups in total. The number of hydrogen-bond donors (Lipinski definition) is 1. The summed E-state index contributed by atoms with van der Waals surface area (Å²) >= 11 is 14.1. The monoisotopic (exact) mass is 412 g/mol. The molecule has 0 aromatic heterocycles. The maximum absolute atomic E-state index is 10.2. The van der Waals surface area contributed by atoms with Crippen molar-refractivity contribution in [2.75, 3.05) is 0 Å². The van der Waals surface area contributed by atoms with Gasteiger partial charge >= 0.3 is 0 Å². The van der Waals surface area contributed by atoms with Crippen molar-refractivity contribution in [1.29, 1.82) is 0 Å². The summed E-state index contributed by atoms with van der Waals surface area (Å²) in [6, 6.07) is 0. The predicted octanol–water partition coefficient (Wildman–Crippen LogP) is 5.03. The van der Waals surface area contributed by atoms with Crippen molar-refractivity contribution in [2.24, 2.45) is 10.8 Å². The van der Waals surface area contributed by atoms with E-state index in [4.69, 9.17) is 11.6 Å². The van der Waals surface area contributed by atoms with Gasteiger partial charge in [0.05, 0.1) is 11.0 Å². The minimum absolute atomic E-state index is 0.0266. The zero-order valence-electron chi connectivity index (χ0n) is 11.8. The van der Waals surface area contributed by atoms with Crippen LogP contribution in [0.15, 0.2) is 12.2 Å². The number of aliphatic hydroxyl groups is 1. The standard InChI is InChI=1S/C15H23Br2ClO/c1-9-7-10(19)12(17)13(2,3)15(9)6-5-14(4,18)11(16)8-15/h10-12,19H,1,5-8H2,2-4H3/t10-,11?,12-,14?,15+/m1/s1. The van der Waals surface area contributed by atoms with E-state index in [1.807, 2.05) is 0 Å². The van der Waals surface area contributed by atoms with E-state index < -0.39 is 0 Å². The fourth-order valence-electron chi connectivity index (χ4n) is 3.89. The van der Waals surface area contributed by atoms with E-state index in [0.717, 1.165) is 19.3 Å². The Bertz CT molecular complexity index is 394. The lowest BCUT2D eigenvalue weighted by molar-refractivity contribution is -0.0173. The molecule has 5 atom stereocenters. The van der Waals surface area contributed by atoms with Gasteiger partial charge in [0.2, 0.25) is 0 Å². The minimum atomic E-state index is -0.341. The summed E-state index contributed by atoms with van der Waals surface area (Å²) in [5.41, 5.74) is 1.22. The first-order chi connectivity index (χ1) is 8.54. The van der Waals surface area contributed by atoms with Gasteiger partial charge in [-0.1, -0.05) is 57.9 Å². The molecule has 0 aromatic carbocycles. The Balaban J connectivity index is 2.39. The Hall–Kier alpha value is 0.950. The number of hydrogen-bond acceptors (Lipinski definition) is 1. The largest absolute Gasteiger partial charge is 0.392 e. The molecule has 0 saturated heterocycles. The molecule has 110 valence electrons. The Kier molecular flexibility index (Phi) is 4.29. The van der Waals surface area contributed by atoms with Gasteiger partial charge in [0.25, 0.3) is 0 Å². The van der Waals surface area contributed by atoms with E-state index in [2.05, 4.69) is 59.2 Å². The quantitative estimate of drug-likeness (QED) is 0.435. The molecule has 2 fully saturated rings. The van der Waals surface area contributed by atoms with Gasteiger partial charge in [-0.3, -0.25) is 0 Å². The van der Waals surface area contributed by atoms with Crippen molar-refractivity contribution in [3.05, 3.63) is 12.2 Å². The van der Waals surface area contributed by atoms with Gasteiger partial charge in [-0.05, 0) is 43.4 Å². The van der Waals surface area contributed by atoms with Gasteiger partial charge in [-0.2, -0.15) is 0 Å². The zero-order chi connectivity index (χ0) is 14.6. The zero-order valence-corrected chi connectivity index (χ0v) is 15.8. The lowest BCUT2D eigenvalue weighted by Crippen LogP contribution is -2.58. The summed E-state index contributed by atoms with van der Waals surface area (Å²) in [4.78, 5) is 0.200. The Labute approximate surface area is 138 Å². The van der Waals surface area contributed by atoms with Crippen molar-refractivity contribution in [2.45, 2.75) is 67.1 Å². The first kappa shape index (κ1) is 16.3. The summed E-state index contributed by atoms with van der Waals surface area (Å²) in [6.45, 7) is 10.9. The third-order valence-corrected chi connectivity index (χ3v) is 9.42. The second-order valence-corrected chi connectivity index (χ2v) is 9.99. The van der Waals surface area contributed by atoms with Gasteiger partial charge in [0.15, 0.2) is 0 Å². The van der Waals surface area contributed by atoms with Crippen molar-refractivity contribution in [1.82, 2.24) is 0 Å². The normalized spacial score (nSPS) is 50.5. The van der Waals surface area contributed by atoms with E-state index in [1.54, 1.807) is 0 Å². The van der Waals surface area contributed by atoms with Crippen molar-refractivity contribution < 1.29 is 5.11 Å². The molecule has 0 bridgehead atoms. The highest BCUT2D eigenvalue weighted by atomic mass is 79.9. The SMILES string of the molecule is C=C1C[C@@H](O)[C@@H](Br)C(C)(C)[C@]12CCC(C)(Cl)C(Br)C2. The van der Waals surface area contributed by atoms with Crippen LogP contribution in [0.2, 0.25) is 0 Å². The van der Waals surface area contributed by atoms with Crippen LogP contribution in [-0.4, -0.2) is 25.7 Å². The van der Waals surface area contributed by atoms with Crippen LogP contribution in [0.3, 0.4) is 0 Å². The maximum Gasteiger partial charge on any atom is 0.0707 e. The minimum Gasteiger partial charge on any atom is -0.392 e. The van der Waals surface area contributed by atoms with Crippen LogP contribution in [0.4, 0.5) is 0 Å². The average Bonchev–Trinajstić information content (AvgIpc) is 2.29. The molecule has 1 spiro atoms. The molecule has 0 radical (unpaired) electrons. The molecule has 0 heterocycles. The molecular weight excluding hydrogens is 391 g/mol. The van der Waals surface area contributed by atoms with Crippen molar-refractivity contribution in [3.63, 3.8) is 0 Å². The molecule has 0 amide bonds. The fraction of sp³-hybridized carbons (Fsp3) is 0.867. The summed E-state index contributed by atoms with van der Waals surface area (Å²) in [7, 11) is 0. The summed E-state index contributed by atoms with van der Waals surface area (Å²) < 4.78 is 0. The van der Waals surface area contributed by atoms with Crippen molar-refractivity contribution in [3.8, 4) is 0 Å². The third kappa shape index (κ3) is 2.37. The molecule has 2 saturated carbocycles. The highest BCUT2D eigenvalue weighted by Crippen LogP contribution is 2.64. The molecule has 4 heteroatoms. The lowest BCUT2D eigenvalue weighted by atomic mass is 9.49. The number of rotatable bonds is 0. The first-order valence-electron chi connectivity index (χ1n) is 6.88. The van der Waals surface area contributed by atoms with E-state index in [1.165, 1.54) is 5.57 Å². The van der Waals surface area contributed by atoms with Gasteiger partial charge in [-0.15, -0.1) is 11.6 Å². The van der Waals surface area contributed by atoms with Gasteiger partial charge in [-0.25, -0.2) is 0 Å². The second-order valence-electron chi connectivity index (χ2n) is 7.03. The molecule has 2 aliphatic rings. The highest BCUT2D eigenvalue weighted by Gasteiger charge is 2.59. The topological polar surface area (TPSA) is 20.2 Å².